The van der Waals surface area contributed by atoms with Crippen LogP contribution in [0.2, 0.25) is 0 Å². The van der Waals surface area contributed by atoms with Gasteiger partial charge >= 0.3 is 0 Å². The molecule has 1 N–H and O–H groups in total. The predicted molar refractivity (Wildman–Crippen MR) is 91.9 cm³/mol. The first-order valence-electron chi connectivity index (χ1n) is 7.97. The Hall–Kier alpha value is -2.17. The molecule has 3 rings (SSSR count). The second kappa shape index (κ2) is 7.90. The van der Waals surface area contributed by atoms with Crippen LogP contribution in [0, 0.1) is 0 Å². The van der Waals surface area contributed by atoms with Gasteiger partial charge in [0, 0.05) is 31.4 Å². The standard InChI is InChI=1S/C19H22N2O2/c22-19-4-2-1-3-18(19)14-20-13-16-5-7-17(8-6-16)15-21-9-11-23-12-10-21/h1-8,14,22H,9-13,15H2. The Morgan fingerprint density at radius 3 is 2.43 bits per heavy atom. The minimum atomic E-state index is 0.261. The number of phenols is 1. The van der Waals surface area contributed by atoms with Gasteiger partial charge in [0.05, 0.1) is 19.8 Å². The summed E-state index contributed by atoms with van der Waals surface area (Å²) in [6.45, 7) is 5.27. The average molecular weight is 310 g/mol. The molecule has 0 bridgehead atoms. The Kier molecular flexibility index (Phi) is 5.40. The highest BCUT2D eigenvalue weighted by atomic mass is 16.5. The molecule has 1 saturated heterocycles. The number of aliphatic imine (C=N–C) groups is 1. The molecule has 23 heavy (non-hydrogen) atoms. The summed E-state index contributed by atoms with van der Waals surface area (Å²) in [5, 5.41) is 9.70. The molecule has 120 valence electrons. The monoisotopic (exact) mass is 310 g/mol. The molecule has 0 atom stereocenters. The number of benzene rings is 2. The maximum absolute atomic E-state index is 9.70. The van der Waals surface area contributed by atoms with Gasteiger partial charge in [-0.2, -0.15) is 0 Å². The van der Waals surface area contributed by atoms with Crippen molar-refractivity contribution in [1.29, 1.82) is 0 Å². The van der Waals surface area contributed by atoms with Crippen LogP contribution in [0.25, 0.3) is 0 Å². The van der Waals surface area contributed by atoms with Gasteiger partial charge in [-0.05, 0) is 23.3 Å². The van der Waals surface area contributed by atoms with Crippen LogP contribution in [0.15, 0.2) is 53.5 Å². The number of hydrogen-bond acceptors (Lipinski definition) is 4. The Bertz CT molecular complexity index is 647. The normalized spacial score (nSPS) is 16.0. The number of rotatable bonds is 5. The quantitative estimate of drug-likeness (QED) is 0.864. The van der Waals surface area contributed by atoms with E-state index in [1.165, 1.54) is 11.1 Å². The summed E-state index contributed by atoms with van der Waals surface area (Å²) >= 11 is 0. The molecule has 0 unspecified atom stereocenters. The average Bonchev–Trinajstić information content (AvgIpc) is 2.59. The Labute approximate surface area is 137 Å². The number of para-hydroxylation sites is 1. The van der Waals surface area contributed by atoms with E-state index in [-0.39, 0.29) is 5.75 Å². The third kappa shape index (κ3) is 4.65. The van der Waals surface area contributed by atoms with Gasteiger partial charge in [0.15, 0.2) is 0 Å². The molecule has 0 aliphatic carbocycles. The van der Waals surface area contributed by atoms with Crippen LogP contribution in [-0.4, -0.2) is 42.5 Å². The molecule has 1 aliphatic rings. The van der Waals surface area contributed by atoms with E-state index in [4.69, 9.17) is 4.74 Å². The summed E-state index contributed by atoms with van der Waals surface area (Å²) in [5.74, 6) is 0.261. The molecule has 2 aromatic carbocycles. The molecule has 4 nitrogen and oxygen atoms in total. The van der Waals surface area contributed by atoms with Gasteiger partial charge in [0.25, 0.3) is 0 Å². The second-order valence-electron chi connectivity index (χ2n) is 5.73. The number of ether oxygens (including phenoxy) is 1. The maximum Gasteiger partial charge on any atom is 0.124 e. The molecule has 0 spiro atoms. The van der Waals surface area contributed by atoms with E-state index in [1.807, 2.05) is 12.1 Å². The van der Waals surface area contributed by atoms with Crippen LogP contribution in [-0.2, 0) is 17.8 Å². The fourth-order valence-corrected chi connectivity index (χ4v) is 2.61. The maximum atomic E-state index is 9.70. The van der Waals surface area contributed by atoms with Crippen molar-refractivity contribution in [1.82, 2.24) is 4.90 Å². The second-order valence-corrected chi connectivity index (χ2v) is 5.73. The molecular weight excluding hydrogens is 288 g/mol. The van der Waals surface area contributed by atoms with E-state index in [0.29, 0.717) is 6.54 Å². The fraction of sp³-hybridized carbons (Fsp3) is 0.316. The zero-order valence-corrected chi connectivity index (χ0v) is 13.2. The van der Waals surface area contributed by atoms with E-state index >= 15 is 0 Å². The largest absolute Gasteiger partial charge is 0.507 e. The number of morpholine rings is 1. The molecule has 1 fully saturated rings. The molecule has 1 aliphatic heterocycles. The summed E-state index contributed by atoms with van der Waals surface area (Å²) < 4.78 is 5.37. The number of hydrogen-bond donors (Lipinski definition) is 1. The summed E-state index contributed by atoms with van der Waals surface area (Å²) in [6, 6.07) is 15.8. The lowest BCUT2D eigenvalue weighted by Gasteiger charge is -2.26. The number of phenolic OH excluding ortho intramolecular Hbond substituents is 1. The van der Waals surface area contributed by atoms with E-state index < -0.39 is 0 Å². The van der Waals surface area contributed by atoms with Crippen LogP contribution in [0.1, 0.15) is 16.7 Å². The van der Waals surface area contributed by atoms with Crippen molar-refractivity contribution in [2.24, 2.45) is 4.99 Å². The Morgan fingerprint density at radius 2 is 1.70 bits per heavy atom. The van der Waals surface area contributed by atoms with Crippen LogP contribution < -0.4 is 0 Å². The molecule has 0 radical (unpaired) electrons. The van der Waals surface area contributed by atoms with E-state index in [9.17, 15) is 5.11 Å². The molecule has 0 amide bonds. The van der Waals surface area contributed by atoms with Crippen molar-refractivity contribution in [2.45, 2.75) is 13.1 Å². The molecule has 2 aromatic rings. The van der Waals surface area contributed by atoms with Crippen LogP contribution in [0.4, 0.5) is 0 Å². The number of aromatic hydroxyl groups is 1. The topological polar surface area (TPSA) is 45.1 Å². The highest BCUT2D eigenvalue weighted by Crippen LogP contribution is 2.14. The third-order valence-electron chi connectivity index (χ3n) is 3.97. The first kappa shape index (κ1) is 15.7. The Morgan fingerprint density at radius 1 is 1.00 bits per heavy atom. The lowest BCUT2D eigenvalue weighted by Crippen LogP contribution is -2.35. The van der Waals surface area contributed by atoms with Gasteiger partial charge in [-0.25, -0.2) is 0 Å². The first-order valence-corrected chi connectivity index (χ1v) is 7.97. The van der Waals surface area contributed by atoms with Crippen molar-refractivity contribution in [3.8, 4) is 5.75 Å². The zero-order valence-electron chi connectivity index (χ0n) is 13.2. The zero-order chi connectivity index (χ0) is 15.9. The van der Waals surface area contributed by atoms with Gasteiger partial charge in [0.2, 0.25) is 0 Å². The molecule has 0 saturated carbocycles. The van der Waals surface area contributed by atoms with Gasteiger partial charge in [-0.15, -0.1) is 0 Å². The van der Waals surface area contributed by atoms with Crippen LogP contribution in [0.3, 0.4) is 0 Å². The minimum Gasteiger partial charge on any atom is -0.507 e. The van der Waals surface area contributed by atoms with Crippen molar-refractivity contribution in [3.05, 3.63) is 65.2 Å². The van der Waals surface area contributed by atoms with E-state index in [2.05, 4.69) is 34.2 Å². The summed E-state index contributed by atoms with van der Waals surface area (Å²) in [4.78, 5) is 6.82. The van der Waals surface area contributed by atoms with E-state index in [0.717, 1.165) is 38.4 Å². The molecule has 0 aromatic heterocycles. The van der Waals surface area contributed by atoms with Gasteiger partial charge in [-0.3, -0.25) is 9.89 Å². The highest BCUT2D eigenvalue weighted by molar-refractivity contribution is 5.83. The van der Waals surface area contributed by atoms with Crippen molar-refractivity contribution < 1.29 is 9.84 Å². The van der Waals surface area contributed by atoms with Gasteiger partial charge in [0.1, 0.15) is 5.75 Å². The van der Waals surface area contributed by atoms with Gasteiger partial charge in [-0.1, -0.05) is 36.4 Å². The number of nitrogens with zero attached hydrogens (tertiary/aromatic N) is 2. The first-order chi connectivity index (χ1) is 11.3. The molecule has 1 heterocycles. The SMILES string of the molecule is Oc1ccccc1C=NCc1ccc(CN2CCOCC2)cc1. The van der Waals surface area contributed by atoms with Crippen molar-refractivity contribution >= 4 is 6.21 Å². The van der Waals surface area contributed by atoms with Gasteiger partial charge < -0.3 is 9.84 Å². The highest BCUT2D eigenvalue weighted by Gasteiger charge is 2.10. The third-order valence-corrected chi connectivity index (χ3v) is 3.97. The fourth-order valence-electron chi connectivity index (χ4n) is 2.61. The van der Waals surface area contributed by atoms with Crippen LogP contribution >= 0.6 is 0 Å². The summed E-state index contributed by atoms with van der Waals surface area (Å²) in [7, 11) is 0. The lowest BCUT2D eigenvalue weighted by molar-refractivity contribution is 0.0342. The molecule has 4 heteroatoms. The van der Waals surface area contributed by atoms with Crippen molar-refractivity contribution in [2.75, 3.05) is 26.3 Å². The minimum absolute atomic E-state index is 0.261. The van der Waals surface area contributed by atoms with E-state index in [1.54, 1.807) is 18.3 Å². The smallest absolute Gasteiger partial charge is 0.124 e. The Balaban J connectivity index is 1.54. The van der Waals surface area contributed by atoms with Crippen molar-refractivity contribution in [3.63, 3.8) is 0 Å². The molecular formula is C19H22N2O2. The summed E-state index contributed by atoms with van der Waals surface area (Å²) in [5.41, 5.74) is 3.24. The lowest BCUT2D eigenvalue weighted by atomic mass is 10.1. The predicted octanol–water partition coefficient (Wildman–Crippen LogP) is 2.84. The summed E-state index contributed by atoms with van der Waals surface area (Å²) in [6.07, 6.45) is 1.72. The van der Waals surface area contributed by atoms with Crippen LogP contribution in [0.5, 0.6) is 5.75 Å².